The number of primary amides is 1. The first-order valence-corrected chi connectivity index (χ1v) is 5.21. The first-order chi connectivity index (χ1) is 7.41. The van der Waals surface area contributed by atoms with Crippen LogP contribution in [-0.4, -0.2) is 11.7 Å². The van der Waals surface area contributed by atoms with E-state index in [4.69, 9.17) is 28.5 Å². The first kappa shape index (κ1) is 12.5. The Morgan fingerprint density at radius 2 is 2.12 bits per heavy atom. The molecule has 0 aliphatic heterocycles. The van der Waals surface area contributed by atoms with Gasteiger partial charge in [0.15, 0.2) is 0 Å². The van der Waals surface area contributed by atoms with E-state index in [-0.39, 0.29) is 17.7 Å². The smallest absolute Gasteiger partial charge is 0.220 e. The summed E-state index contributed by atoms with van der Waals surface area (Å²) in [6.07, 6.45) is 0.521. The fourth-order valence-corrected chi connectivity index (χ4v) is 1.58. The fourth-order valence-electron chi connectivity index (χ4n) is 1.36. The van der Waals surface area contributed by atoms with Crippen LogP contribution in [0.5, 0.6) is 0 Å². The third kappa shape index (κ3) is 2.97. The zero-order chi connectivity index (χ0) is 12.3. The molecule has 0 saturated carbocycles. The van der Waals surface area contributed by atoms with Crippen LogP contribution in [0.4, 0.5) is 0 Å². The highest BCUT2D eigenvalue weighted by molar-refractivity contribution is 6.33. The Kier molecular flexibility index (Phi) is 3.90. The molecule has 0 radical (unpaired) electrons. The number of carbonyl (C=O) groups is 1. The molecule has 16 heavy (non-hydrogen) atoms. The van der Waals surface area contributed by atoms with Crippen molar-refractivity contribution in [3.63, 3.8) is 0 Å². The normalized spacial score (nSPS) is 12.1. The molecule has 1 aromatic carbocycles. The zero-order valence-electron chi connectivity index (χ0n) is 8.96. The van der Waals surface area contributed by atoms with Crippen molar-refractivity contribution in [2.75, 3.05) is 0 Å². The highest BCUT2D eigenvalue weighted by Gasteiger charge is 2.11. The molecule has 0 saturated heterocycles. The molecule has 0 aliphatic rings. The lowest BCUT2D eigenvalue weighted by Gasteiger charge is -2.09. The number of halogens is 1. The summed E-state index contributed by atoms with van der Waals surface area (Å²) in [6, 6.07) is 5.18. The molecule has 1 unspecified atom stereocenters. The third-order valence-corrected chi connectivity index (χ3v) is 2.68. The van der Waals surface area contributed by atoms with Gasteiger partial charge in [0, 0.05) is 11.5 Å². The summed E-state index contributed by atoms with van der Waals surface area (Å²) in [4.78, 5) is 10.9. The lowest BCUT2D eigenvalue weighted by atomic mass is 9.99. The average molecular weight is 240 g/mol. The van der Waals surface area contributed by atoms with Crippen molar-refractivity contribution in [1.29, 1.82) is 5.41 Å². The van der Waals surface area contributed by atoms with E-state index in [1.54, 1.807) is 25.1 Å². The minimum Gasteiger partial charge on any atom is -0.384 e. The molecule has 5 heteroatoms. The van der Waals surface area contributed by atoms with E-state index in [2.05, 4.69) is 0 Å². The minimum atomic E-state index is -0.348. The molecule has 1 amide bonds. The molecule has 1 rings (SSSR count). The number of rotatable bonds is 4. The van der Waals surface area contributed by atoms with Crippen LogP contribution in [0.15, 0.2) is 18.2 Å². The van der Waals surface area contributed by atoms with Gasteiger partial charge in [-0.15, -0.1) is 0 Å². The van der Waals surface area contributed by atoms with Crippen LogP contribution in [0.3, 0.4) is 0 Å². The zero-order valence-corrected chi connectivity index (χ0v) is 9.71. The SMILES string of the molecule is CC(Cc1ccc(Cl)c(C(=N)N)c1)C(N)=O. The lowest BCUT2D eigenvalue weighted by Crippen LogP contribution is -2.22. The Labute approximate surface area is 99.1 Å². The average Bonchev–Trinajstić information content (AvgIpc) is 2.20. The van der Waals surface area contributed by atoms with Gasteiger partial charge in [-0.3, -0.25) is 10.2 Å². The van der Waals surface area contributed by atoms with E-state index in [0.717, 1.165) is 5.56 Å². The van der Waals surface area contributed by atoms with Crippen LogP contribution in [0.2, 0.25) is 5.02 Å². The number of benzene rings is 1. The van der Waals surface area contributed by atoms with E-state index >= 15 is 0 Å². The highest BCUT2D eigenvalue weighted by Crippen LogP contribution is 2.19. The Bertz CT molecular complexity index is 431. The predicted molar refractivity (Wildman–Crippen MR) is 64.5 cm³/mol. The van der Waals surface area contributed by atoms with E-state index in [0.29, 0.717) is 17.0 Å². The second-order valence-electron chi connectivity index (χ2n) is 3.74. The van der Waals surface area contributed by atoms with Crippen LogP contribution < -0.4 is 11.5 Å². The summed E-state index contributed by atoms with van der Waals surface area (Å²) in [7, 11) is 0. The molecule has 5 N–H and O–H groups in total. The molecule has 0 heterocycles. The van der Waals surface area contributed by atoms with Gasteiger partial charge in [-0.2, -0.15) is 0 Å². The number of nitrogen functional groups attached to an aromatic ring is 1. The quantitative estimate of drug-likeness (QED) is 0.546. The monoisotopic (exact) mass is 239 g/mol. The second kappa shape index (κ2) is 4.99. The van der Waals surface area contributed by atoms with Gasteiger partial charge in [-0.05, 0) is 24.1 Å². The van der Waals surface area contributed by atoms with Gasteiger partial charge >= 0.3 is 0 Å². The molecule has 1 aromatic rings. The van der Waals surface area contributed by atoms with E-state index < -0.39 is 0 Å². The number of amides is 1. The number of amidine groups is 1. The van der Waals surface area contributed by atoms with Crippen LogP contribution in [0.1, 0.15) is 18.1 Å². The molecule has 4 nitrogen and oxygen atoms in total. The van der Waals surface area contributed by atoms with Crippen molar-refractivity contribution in [3.05, 3.63) is 34.3 Å². The summed E-state index contributed by atoms with van der Waals surface area (Å²) in [5, 5.41) is 7.77. The van der Waals surface area contributed by atoms with Crippen molar-refractivity contribution >= 4 is 23.3 Å². The van der Waals surface area contributed by atoms with E-state index in [1.165, 1.54) is 0 Å². The fraction of sp³-hybridized carbons (Fsp3) is 0.273. The third-order valence-electron chi connectivity index (χ3n) is 2.35. The van der Waals surface area contributed by atoms with Crippen LogP contribution in [0.25, 0.3) is 0 Å². The predicted octanol–water partition coefficient (Wildman–Crippen LogP) is 1.29. The summed E-state index contributed by atoms with van der Waals surface area (Å²) < 4.78 is 0. The molecular formula is C11H14ClN3O. The topological polar surface area (TPSA) is 93.0 Å². The van der Waals surface area contributed by atoms with Crippen LogP contribution in [-0.2, 0) is 11.2 Å². The summed E-state index contributed by atoms with van der Waals surface area (Å²) in [5.74, 6) is -0.682. The van der Waals surface area contributed by atoms with Gasteiger partial charge < -0.3 is 11.5 Å². The molecule has 0 bridgehead atoms. The first-order valence-electron chi connectivity index (χ1n) is 4.84. The van der Waals surface area contributed by atoms with E-state index in [1.807, 2.05) is 0 Å². The minimum absolute atomic E-state index is 0.0846. The Balaban J connectivity index is 2.95. The van der Waals surface area contributed by atoms with Gasteiger partial charge in [0.1, 0.15) is 5.84 Å². The standard InChI is InChI=1S/C11H14ClN3O/c1-6(11(15)16)4-7-2-3-9(12)8(5-7)10(13)14/h2-3,5-6H,4H2,1H3,(H3,13,14)(H2,15,16). The van der Waals surface area contributed by atoms with Gasteiger partial charge in [-0.1, -0.05) is 24.6 Å². The molecule has 0 aromatic heterocycles. The Morgan fingerprint density at radius 1 is 1.50 bits per heavy atom. The van der Waals surface area contributed by atoms with Gasteiger partial charge in [0.05, 0.1) is 5.02 Å². The Morgan fingerprint density at radius 3 is 2.62 bits per heavy atom. The van der Waals surface area contributed by atoms with Crippen LogP contribution >= 0.6 is 11.6 Å². The summed E-state index contributed by atoms with van der Waals surface area (Å²) in [6.45, 7) is 1.75. The van der Waals surface area contributed by atoms with Gasteiger partial charge in [-0.25, -0.2) is 0 Å². The molecule has 0 fully saturated rings. The van der Waals surface area contributed by atoms with Crippen molar-refractivity contribution in [1.82, 2.24) is 0 Å². The van der Waals surface area contributed by atoms with Crippen molar-refractivity contribution in [2.24, 2.45) is 17.4 Å². The van der Waals surface area contributed by atoms with Crippen molar-refractivity contribution in [3.8, 4) is 0 Å². The highest BCUT2D eigenvalue weighted by atomic mass is 35.5. The summed E-state index contributed by atoms with van der Waals surface area (Å²) >= 11 is 5.88. The van der Waals surface area contributed by atoms with E-state index in [9.17, 15) is 4.79 Å². The number of hydrogen-bond acceptors (Lipinski definition) is 2. The lowest BCUT2D eigenvalue weighted by molar-refractivity contribution is -0.121. The Hall–Kier alpha value is -1.55. The molecule has 1 atom stereocenters. The number of nitrogens with one attached hydrogen (secondary N) is 1. The molecule has 0 spiro atoms. The molecular weight excluding hydrogens is 226 g/mol. The van der Waals surface area contributed by atoms with Crippen molar-refractivity contribution in [2.45, 2.75) is 13.3 Å². The number of hydrogen-bond donors (Lipinski definition) is 3. The van der Waals surface area contributed by atoms with Crippen LogP contribution in [0, 0.1) is 11.3 Å². The maximum Gasteiger partial charge on any atom is 0.220 e. The van der Waals surface area contributed by atoms with Gasteiger partial charge in [0.2, 0.25) is 5.91 Å². The number of nitrogens with two attached hydrogens (primary N) is 2. The maximum absolute atomic E-state index is 10.9. The molecule has 0 aliphatic carbocycles. The number of carbonyl (C=O) groups excluding carboxylic acids is 1. The summed E-state index contributed by atoms with van der Waals surface area (Å²) in [5.41, 5.74) is 11.9. The van der Waals surface area contributed by atoms with Crippen molar-refractivity contribution < 1.29 is 4.79 Å². The van der Waals surface area contributed by atoms with Gasteiger partial charge in [0.25, 0.3) is 0 Å². The second-order valence-corrected chi connectivity index (χ2v) is 4.14. The molecule has 86 valence electrons. The maximum atomic E-state index is 10.9. The largest absolute Gasteiger partial charge is 0.384 e.